The van der Waals surface area contributed by atoms with Crippen LogP contribution in [0.5, 0.6) is 0 Å². The van der Waals surface area contributed by atoms with Gasteiger partial charge >= 0.3 is 0 Å². The number of aryl methyl sites for hydroxylation is 4. The van der Waals surface area contributed by atoms with E-state index < -0.39 is 0 Å². The van der Waals surface area contributed by atoms with Crippen molar-refractivity contribution in [3.8, 4) is 22.3 Å². The zero-order valence-corrected chi connectivity index (χ0v) is 38.2. The minimum Gasteiger partial charge on any atom is -0.323 e. The molecule has 2 aliphatic heterocycles. The molecule has 1 N–H and O–H groups in total. The quantitative estimate of drug-likeness (QED) is 0.0878. The van der Waals surface area contributed by atoms with Gasteiger partial charge in [0.2, 0.25) is 0 Å². The first-order valence-electron chi connectivity index (χ1n) is 23.2. The summed E-state index contributed by atoms with van der Waals surface area (Å²) in [5.74, 6) is 1.80. The molecule has 14 heteroatoms. The molecule has 0 unspecified atom stereocenters. The van der Waals surface area contributed by atoms with Crippen molar-refractivity contribution < 1.29 is 0 Å². The number of fused-ring (bicyclic) bond motifs is 2. The summed E-state index contributed by atoms with van der Waals surface area (Å²) in [5.41, 5.74) is 11.2. The highest BCUT2D eigenvalue weighted by molar-refractivity contribution is 6.29. The predicted molar refractivity (Wildman–Crippen MR) is 255 cm³/mol. The topological polar surface area (TPSA) is 131 Å². The smallest absolute Gasteiger partial charge is 0.154 e. The first-order valence-corrected chi connectivity index (χ1v) is 23.6. The molecule has 0 aromatic carbocycles. The molecule has 0 radical (unpaired) electrons. The summed E-state index contributed by atoms with van der Waals surface area (Å²) in [6.45, 7) is 17.9. The second kappa shape index (κ2) is 21.3. The number of anilines is 2. The second-order valence-electron chi connectivity index (χ2n) is 17.3. The van der Waals surface area contributed by atoms with Crippen molar-refractivity contribution in [2.24, 2.45) is 0 Å². The summed E-state index contributed by atoms with van der Waals surface area (Å²) >= 11 is 6.05. The molecular weight excluding hydrogens is 806 g/mol. The van der Waals surface area contributed by atoms with Crippen molar-refractivity contribution in [3.63, 3.8) is 0 Å². The molecule has 63 heavy (non-hydrogen) atoms. The molecule has 0 amide bonds. The SMILES string of the molecule is CCCc1nn(CCCN2CCCC2)cc1-c1cnc2ccc(Cl)nc2c1.CCCc1nn(CCCN2CCCC2)cc1-c1cnc2ccc(Nc3cc(C(C)C)cnn3)nc2c1. The molecule has 2 saturated heterocycles. The molecule has 7 aromatic rings. The van der Waals surface area contributed by atoms with E-state index in [-0.39, 0.29) is 0 Å². The van der Waals surface area contributed by atoms with Crippen LogP contribution in [0.2, 0.25) is 5.15 Å². The highest BCUT2D eigenvalue weighted by Crippen LogP contribution is 2.29. The van der Waals surface area contributed by atoms with Gasteiger partial charge in [0.15, 0.2) is 5.82 Å². The van der Waals surface area contributed by atoms with Gasteiger partial charge in [0.05, 0.1) is 39.7 Å². The summed E-state index contributed by atoms with van der Waals surface area (Å²) in [5, 5.41) is 21.9. The van der Waals surface area contributed by atoms with Crippen LogP contribution in [0.25, 0.3) is 44.3 Å². The molecule has 330 valence electrons. The van der Waals surface area contributed by atoms with Gasteiger partial charge < -0.3 is 15.1 Å². The van der Waals surface area contributed by atoms with Crippen molar-refractivity contribution in [2.75, 3.05) is 44.6 Å². The Hall–Kier alpha value is -5.37. The van der Waals surface area contributed by atoms with E-state index in [0.717, 1.165) is 132 Å². The van der Waals surface area contributed by atoms with Crippen molar-refractivity contribution in [2.45, 2.75) is 111 Å². The van der Waals surface area contributed by atoms with E-state index in [9.17, 15) is 0 Å². The highest BCUT2D eigenvalue weighted by Gasteiger charge is 2.17. The first-order chi connectivity index (χ1) is 30.8. The Kier molecular flexibility index (Phi) is 15.0. The van der Waals surface area contributed by atoms with Crippen LogP contribution in [0.15, 0.2) is 73.4 Å². The lowest BCUT2D eigenvalue weighted by molar-refractivity contribution is 0.322. The van der Waals surface area contributed by atoms with Gasteiger partial charge in [-0.2, -0.15) is 15.3 Å². The standard InChI is InChI=1S/C28H36N8.C21H26ClN5/c1-4-8-24-23(19-36(34-24)14-7-13-35-11-5-6-12-35)22-15-26-25(29-17-22)9-10-27(31-26)32-28-16-21(20(2)3)18-30-33-28;1-2-6-18-17(15-27(25-18)12-5-11-26-9-3-4-10-26)16-13-20-19(23-14-16)7-8-21(22)24-20/h9-10,15-20H,4-8,11-14H2,1-3H3,(H,31,32,33);7-8,13-15H,2-6,9-12H2,1H3. The molecular formula is C49H62ClN13. The molecule has 2 aliphatic rings. The van der Waals surface area contributed by atoms with Crippen LogP contribution in [0.1, 0.15) is 102 Å². The third-order valence-electron chi connectivity index (χ3n) is 12.0. The lowest BCUT2D eigenvalue weighted by atomic mass is 10.1. The summed E-state index contributed by atoms with van der Waals surface area (Å²) < 4.78 is 4.22. The molecule has 7 aromatic heterocycles. The molecule has 9 rings (SSSR count). The van der Waals surface area contributed by atoms with Gasteiger partial charge in [-0.25, -0.2) is 9.97 Å². The normalized spacial score (nSPS) is 14.6. The van der Waals surface area contributed by atoms with Crippen molar-refractivity contribution >= 4 is 45.3 Å². The maximum atomic E-state index is 6.05. The number of rotatable bonds is 17. The lowest BCUT2D eigenvalue weighted by Crippen LogP contribution is -2.21. The average molecular weight is 869 g/mol. The first kappa shape index (κ1) is 44.2. The summed E-state index contributed by atoms with van der Waals surface area (Å²) in [7, 11) is 0. The van der Waals surface area contributed by atoms with E-state index in [1.54, 1.807) is 12.3 Å². The van der Waals surface area contributed by atoms with Gasteiger partial charge in [-0.05, 0) is 145 Å². The number of likely N-dealkylation sites (tertiary alicyclic amines) is 2. The fraction of sp³-hybridized carbons (Fsp3) is 0.469. The van der Waals surface area contributed by atoms with Crippen LogP contribution in [-0.2, 0) is 25.9 Å². The maximum absolute atomic E-state index is 6.05. The van der Waals surface area contributed by atoms with E-state index >= 15 is 0 Å². The van der Waals surface area contributed by atoms with E-state index in [0.29, 0.717) is 16.9 Å². The van der Waals surface area contributed by atoms with Crippen LogP contribution >= 0.6 is 11.6 Å². The summed E-state index contributed by atoms with van der Waals surface area (Å²) in [6.07, 6.45) is 21.7. The van der Waals surface area contributed by atoms with Crippen LogP contribution < -0.4 is 5.32 Å². The number of aromatic nitrogens is 10. The third kappa shape index (κ3) is 11.6. The fourth-order valence-corrected chi connectivity index (χ4v) is 8.80. The van der Waals surface area contributed by atoms with Crippen LogP contribution in [0, 0.1) is 0 Å². The molecule has 0 bridgehead atoms. The van der Waals surface area contributed by atoms with Gasteiger partial charge in [-0.1, -0.05) is 52.1 Å². The highest BCUT2D eigenvalue weighted by atomic mass is 35.5. The number of nitrogens with zero attached hydrogens (tertiary/aromatic N) is 12. The number of pyridine rings is 4. The minimum absolute atomic E-state index is 0.385. The molecule has 0 spiro atoms. The minimum atomic E-state index is 0.385. The number of nitrogens with one attached hydrogen (secondary N) is 1. The Morgan fingerprint density at radius 1 is 0.619 bits per heavy atom. The molecule has 0 aliphatic carbocycles. The second-order valence-corrected chi connectivity index (χ2v) is 17.7. The monoisotopic (exact) mass is 867 g/mol. The number of hydrogen-bond donors (Lipinski definition) is 1. The summed E-state index contributed by atoms with van der Waals surface area (Å²) in [6, 6.07) is 13.8. The van der Waals surface area contributed by atoms with Gasteiger partial charge in [0.25, 0.3) is 0 Å². The Morgan fingerprint density at radius 3 is 1.70 bits per heavy atom. The van der Waals surface area contributed by atoms with Gasteiger partial charge in [0, 0.05) is 60.1 Å². The van der Waals surface area contributed by atoms with Crippen LogP contribution in [0.4, 0.5) is 11.6 Å². The Labute approximate surface area is 376 Å². The van der Waals surface area contributed by atoms with Gasteiger partial charge in [-0.3, -0.25) is 19.3 Å². The van der Waals surface area contributed by atoms with Gasteiger partial charge in [0.1, 0.15) is 11.0 Å². The number of hydrogen-bond acceptors (Lipinski definition) is 11. The zero-order valence-electron chi connectivity index (χ0n) is 37.5. The average Bonchev–Trinajstić information content (AvgIpc) is 4.14. The number of halogens is 1. The molecule has 2 fully saturated rings. The predicted octanol–water partition coefficient (Wildman–Crippen LogP) is 10.2. The van der Waals surface area contributed by atoms with Gasteiger partial charge in [-0.15, -0.1) is 5.10 Å². The molecule has 0 saturated carbocycles. The van der Waals surface area contributed by atoms with Crippen molar-refractivity contribution in [1.82, 2.24) is 59.5 Å². The molecule has 9 heterocycles. The fourth-order valence-electron chi connectivity index (χ4n) is 8.64. The van der Waals surface area contributed by atoms with Crippen LogP contribution in [0.3, 0.4) is 0 Å². The van der Waals surface area contributed by atoms with E-state index in [1.165, 1.54) is 51.9 Å². The largest absolute Gasteiger partial charge is 0.323 e. The lowest BCUT2D eigenvalue weighted by Gasteiger charge is -2.13. The van der Waals surface area contributed by atoms with E-state index in [4.69, 9.17) is 31.8 Å². The molecule has 13 nitrogen and oxygen atoms in total. The maximum Gasteiger partial charge on any atom is 0.154 e. The van der Waals surface area contributed by atoms with Crippen LogP contribution in [-0.4, -0.2) is 98.8 Å². The Morgan fingerprint density at radius 2 is 1.16 bits per heavy atom. The Bertz CT molecular complexity index is 2570. The Balaban J connectivity index is 0.000000180. The van der Waals surface area contributed by atoms with Crippen molar-refractivity contribution in [3.05, 3.63) is 95.6 Å². The summed E-state index contributed by atoms with van der Waals surface area (Å²) in [4.78, 5) is 23.6. The molecule has 0 atom stereocenters. The van der Waals surface area contributed by atoms with Crippen molar-refractivity contribution in [1.29, 1.82) is 0 Å². The van der Waals surface area contributed by atoms with E-state index in [1.807, 2.05) is 36.7 Å². The zero-order chi connectivity index (χ0) is 43.5. The van der Waals surface area contributed by atoms with E-state index in [2.05, 4.69) is 96.9 Å². The third-order valence-corrected chi connectivity index (χ3v) is 12.2.